The molecule has 2 aromatic heterocycles. The second kappa shape index (κ2) is 5.15. The van der Waals surface area contributed by atoms with E-state index in [1.165, 1.54) is 6.07 Å². The van der Waals surface area contributed by atoms with E-state index in [-0.39, 0.29) is 4.90 Å². The van der Waals surface area contributed by atoms with Crippen LogP contribution in [-0.4, -0.2) is 13.4 Å². The summed E-state index contributed by atoms with van der Waals surface area (Å²) in [6, 6.07) is 12.7. The van der Waals surface area contributed by atoms with E-state index in [0.717, 1.165) is 16.6 Å². The molecule has 0 fully saturated rings. The molecule has 2 N–H and O–H groups in total. The highest BCUT2D eigenvalue weighted by Crippen LogP contribution is 2.19. The summed E-state index contributed by atoms with van der Waals surface area (Å²) in [6.45, 7) is 3.81. The Bertz CT molecular complexity index is 982. The molecule has 0 spiro atoms. The van der Waals surface area contributed by atoms with Gasteiger partial charge in [0.05, 0.1) is 5.39 Å². The van der Waals surface area contributed by atoms with Crippen LogP contribution >= 0.6 is 0 Å². The molecular formula is C16H16N3O2S+. The van der Waals surface area contributed by atoms with E-state index >= 15 is 0 Å². The summed E-state index contributed by atoms with van der Waals surface area (Å²) in [5.41, 5.74) is 3.03. The average Bonchev–Trinajstić information content (AvgIpc) is 2.45. The van der Waals surface area contributed by atoms with Gasteiger partial charge in [0.2, 0.25) is 10.0 Å². The summed E-state index contributed by atoms with van der Waals surface area (Å²) >= 11 is 0. The molecule has 1 aromatic carbocycles. The van der Waals surface area contributed by atoms with Crippen LogP contribution in [0.15, 0.2) is 53.6 Å². The van der Waals surface area contributed by atoms with Crippen molar-refractivity contribution in [1.29, 1.82) is 0 Å². The predicted octanol–water partition coefficient (Wildman–Crippen LogP) is 1.78. The Balaban J connectivity index is 2.47. The van der Waals surface area contributed by atoms with Crippen molar-refractivity contribution in [2.75, 3.05) is 0 Å². The van der Waals surface area contributed by atoms with E-state index in [2.05, 4.69) is 4.98 Å². The first-order valence-corrected chi connectivity index (χ1v) is 8.33. The first-order chi connectivity index (χ1) is 10.4. The minimum absolute atomic E-state index is 0.0874. The molecule has 3 rings (SSSR count). The van der Waals surface area contributed by atoms with Crippen molar-refractivity contribution in [2.45, 2.75) is 18.7 Å². The minimum atomic E-state index is -3.83. The minimum Gasteiger partial charge on any atom is -0.224 e. The van der Waals surface area contributed by atoms with Gasteiger partial charge in [-0.05, 0) is 60.8 Å². The van der Waals surface area contributed by atoms with Crippen molar-refractivity contribution in [1.82, 2.24) is 4.98 Å². The molecular weight excluding hydrogens is 298 g/mol. The number of nitrogens with zero attached hydrogens (tertiary/aromatic N) is 2. The number of nitrogens with two attached hydrogens (primary N) is 1. The number of benzene rings is 1. The van der Waals surface area contributed by atoms with Gasteiger partial charge in [0.1, 0.15) is 16.8 Å². The molecule has 0 saturated heterocycles. The molecule has 3 aromatic rings. The van der Waals surface area contributed by atoms with Crippen LogP contribution in [0.3, 0.4) is 0 Å². The Labute approximate surface area is 129 Å². The van der Waals surface area contributed by atoms with Crippen molar-refractivity contribution in [2.24, 2.45) is 5.14 Å². The fourth-order valence-corrected chi connectivity index (χ4v) is 3.22. The van der Waals surface area contributed by atoms with Gasteiger partial charge in [0.15, 0.2) is 5.69 Å². The fraction of sp³-hybridized carbons (Fsp3) is 0.125. The lowest BCUT2D eigenvalue weighted by atomic mass is 10.2. The molecule has 6 heteroatoms. The molecule has 0 aliphatic carbocycles. The lowest BCUT2D eigenvalue weighted by molar-refractivity contribution is -0.579. The van der Waals surface area contributed by atoms with E-state index in [1.54, 1.807) is 18.3 Å². The molecule has 5 nitrogen and oxygen atoms in total. The van der Waals surface area contributed by atoms with Crippen LogP contribution in [0, 0.1) is 13.8 Å². The first-order valence-electron chi connectivity index (χ1n) is 6.78. The van der Waals surface area contributed by atoms with Crippen molar-refractivity contribution in [3.63, 3.8) is 0 Å². The van der Waals surface area contributed by atoms with Gasteiger partial charge >= 0.3 is 5.65 Å². The van der Waals surface area contributed by atoms with Crippen LogP contribution in [0.1, 0.15) is 11.3 Å². The summed E-state index contributed by atoms with van der Waals surface area (Å²) in [6.07, 6.45) is 1.69. The zero-order valence-corrected chi connectivity index (χ0v) is 13.1. The van der Waals surface area contributed by atoms with E-state index in [9.17, 15) is 8.42 Å². The Hall–Kier alpha value is -2.31. The van der Waals surface area contributed by atoms with E-state index in [0.29, 0.717) is 11.3 Å². The molecule has 0 atom stereocenters. The smallest absolute Gasteiger partial charge is 0.224 e. The molecule has 0 saturated carbocycles. The van der Waals surface area contributed by atoms with Crippen LogP contribution in [0.25, 0.3) is 16.7 Å². The van der Waals surface area contributed by atoms with Gasteiger partial charge in [-0.2, -0.15) is 4.57 Å². The maximum atomic E-state index is 11.9. The second-order valence-corrected chi connectivity index (χ2v) is 6.77. The number of rotatable bonds is 2. The highest BCUT2D eigenvalue weighted by Gasteiger charge is 2.23. The third-order valence-electron chi connectivity index (χ3n) is 3.55. The largest absolute Gasteiger partial charge is 0.335 e. The topological polar surface area (TPSA) is 76.9 Å². The Morgan fingerprint density at radius 1 is 1.09 bits per heavy atom. The monoisotopic (exact) mass is 314 g/mol. The summed E-state index contributed by atoms with van der Waals surface area (Å²) in [4.78, 5) is 4.49. The quantitative estimate of drug-likeness (QED) is 0.732. The van der Waals surface area contributed by atoms with Gasteiger partial charge in [-0.3, -0.25) is 0 Å². The summed E-state index contributed by atoms with van der Waals surface area (Å²) in [7, 11) is -3.83. The van der Waals surface area contributed by atoms with E-state index in [4.69, 9.17) is 5.14 Å². The summed E-state index contributed by atoms with van der Waals surface area (Å²) in [5.74, 6) is 0. The summed E-state index contributed by atoms with van der Waals surface area (Å²) < 4.78 is 25.7. The zero-order valence-electron chi connectivity index (χ0n) is 12.3. The van der Waals surface area contributed by atoms with Gasteiger partial charge in [-0.25, -0.2) is 13.6 Å². The fourth-order valence-electron chi connectivity index (χ4n) is 2.53. The Morgan fingerprint density at radius 3 is 2.59 bits per heavy atom. The molecule has 0 amide bonds. The van der Waals surface area contributed by atoms with Gasteiger partial charge in [-0.15, -0.1) is 0 Å². The third kappa shape index (κ3) is 2.47. The van der Waals surface area contributed by atoms with Crippen molar-refractivity contribution < 1.29 is 13.0 Å². The normalized spacial score (nSPS) is 11.8. The average molecular weight is 314 g/mol. The standard InChI is InChI=1S/C16H16N3O2S/c1-11-5-8-15(22(17,20)21)14(10-11)19-12(2)6-7-13-4-3-9-18-16(13)19/h3-10H,1-2H3,(H2,17,20,21)/q+1. The van der Waals surface area contributed by atoms with Gasteiger partial charge < -0.3 is 0 Å². The van der Waals surface area contributed by atoms with Crippen LogP contribution in [0.2, 0.25) is 0 Å². The molecule has 0 aliphatic heterocycles. The lowest BCUT2D eigenvalue weighted by Crippen LogP contribution is -2.38. The molecule has 0 bridgehead atoms. The number of fused-ring (bicyclic) bond motifs is 1. The molecule has 22 heavy (non-hydrogen) atoms. The SMILES string of the molecule is Cc1ccc(S(N)(=O)=O)c(-[n+]2c(C)ccc3cccnc32)c1. The highest BCUT2D eigenvalue weighted by molar-refractivity contribution is 7.89. The molecule has 0 unspecified atom stereocenters. The van der Waals surface area contributed by atoms with E-state index in [1.807, 2.05) is 42.7 Å². The molecule has 0 radical (unpaired) electrons. The number of hydrogen-bond acceptors (Lipinski definition) is 3. The van der Waals surface area contributed by atoms with Crippen molar-refractivity contribution in [3.05, 3.63) is 59.9 Å². The Morgan fingerprint density at radius 2 is 1.86 bits per heavy atom. The van der Waals surface area contributed by atoms with Crippen molar-refractivity contribution >= 4 is 21.1 Å². The number of aryl methyl sites for hydroxylation is 2. The molecule has 112 valence electrons. The summed E-state index contributed by atoms with van der Waals surface area (Å²) in [5, 5.41) is 6.30. The third-order valence-corrected chi connectivity index (χ3v) is 4.51. The van der Waals surface area contributed by atoms with Gasteiger partial charge in [0.25, 0.3) is 0 Å². The number of aromatic nitrogens is 2. The maximum Gasteiger partial charge on any atom is 0.335 e. The van der Waals surface area contributed by atoms with Gasteiger partial charge in [0, 0.05) is 0 Å². The second-order valence-electron chi connectivity index (χ2n) is 5.24. The van der Waals surface area contributed by atoms with Crippen LogP contribution < -0.4 is 9.71 Å². The predicted molar refractivity (Wildman–Crippen MR) is 84.1 cm³/mol. The van der Waals surface area contributed by atoms with Crippen molar-refractivity contribution in [3.8, 4) is 5.69 Å². The van der Waals surface area contributed by atoms with Crippen LogP contribution in [0.5, 0.6) is 0 Å². The number of primary sulfonamides is 1. The Kier molecular flexibility index (Phi) is 3.42. The maximum absolute atomic E-state index is 11.9. The number of hydrogen-bond donors (Lipinski definition) is 1. The first kappa shape index (κ1) is 14.6. The lowest BCUT2D eigenvalue weighted by Gasteiger charge is -2.10. The van der Waals surface area contributed by atoms with Crippen LogP contribution in [-0.2, 0) is 10.0 Å². The number of pyridine rings is 2. The molecule has 2 heterocycles. The van der Waals surface area contributed by atoms with Crippen LogP contribution in [0.4, 0.5) is 0 Å². The number of sulfonamides is 1. The highest BCUT2D eigenvalue weighted by atomic mass is 32.2. The van der Waals surface area contributed by atoms with E-state index < -0.39 is 10.0 Å². The zero-order chi connectivity index (χ0) is 15.9. The molecule has 0 aliphatic rings. The van der Waals surface area contributed by atoms with Gasteiger partial charge in [-0.1, -0.05) is 6.07 Å².